The summed E-state index contributed by atoms with van der Waals surface area (Å²) in [6, 6.07) is 19.8. The van der Waals surface area contributed by atoms with E-state index in [4.69, 9.17) is 0 Å². The van der Waals surface area contributed by atoms with Gasteiger partial charge in [-0.1, -0.05) is 0 Å². The molecule has 0 unspecified atom stereocenters. The van der Waals surface area contributed by atoms with Crippen LogP contribution in [0.5, 0.6) is 0 Å². The molecule has 0 saturated carbocycles. The Morgan fingerprint density at radius 2 is 1.55 bits per heavy atom. The van der Waals surface area contributed by atoms with Crippen LogP contribution in [0.1, 0.15) is 26.3 Å². The molecule has 0 fully saturated rings. The molecule has 116 valence electrons. The summed E-state index contributed by atoms with van der Waals surface area (Å²) in [5, 5.41) is 0.294. The van der Waals surface area contributed by atoms with Gasteiger partial charge in [-0.2, -0.15) is 0 Å². The first-order valence-electron chi connectivity index (χ1n) is 7.62. The standard InChI is InChI=1S/C19H21Br2P/c1-4-22(21,15-10-6-5-7-11-15)17-13-9-8-12-16(17)19(2,3)14-18(22)20/h5-14H,4H2,1-3H3. The molecule has 3 heteroatoms. The summed E-state index contributed by atoms with van der Waals surface area (Å²) in [5.74, 6) is 0. The van der Waals surface area contributed by atoms with E-state index in [0.717, 1.165) is 6.16 Å². The van der Waals surface area contributed by atoms with Gasteiger partial charge in [0.2, 0.25) is 0 Å². The Labute approximate surface area is 149 Å². The molecule has 0 saturated heterocycles. The van der Waals surface area contributed by atoms with Crippen LogP contribution >= 0.6 is 36.7 Å². The molecule has 0 amide bonds. The van der Waals surface area contributed by atoms with Crippen molar-refractivity contribution >= 4 is 47.3 Å². The summed E-state index contributed by atoms with van der Waals surface area (Å²) in [5.41, 5.74) is 1.47. The monoisotopic (exact) mass is 438 g/mol. The van der Waals surface area contributed by atoms with Gasteiger partial charge in [0, 0.05) is 0 Å². The predicted octanol–water partition coefficient (Wildman–Crippen LogP) is 6.05. The number of rotatable bonds is 2. The zero-order valence-electron chi connectivity index (χ0n) is 13.2. The third-order valence-corrected chi connectivity index (χ3v) is 18.9. The van der Waals surface area contributed by atoms with E-state index in [2.05, 4.69) is 113 Å². The third-order valence-electron chi connectivity index (χ3n) is 4.91. The van der Waals surface area contributed by atoms with Crippen molar-refractivity contribution in [2.75, 3.05) is 6.16 Å². The van der Waals surface area contributed by atoms with E-state index < -0.39 is 5.31 Å². The molecule has 0 atom stereocenters. The van der Waals surface area contributed by atoms with Gasteiger partial charge in [-0.25, -0.2) is 0 Å². The van der Waals surface area contributed by atoms with Crippen LogP contribution in [0.3, 0.4) is 0 Å². The second kappa shape index (κ2) is 5.30. The summed E-state index contributed by atoms with van der Waals surface area (Å²) in [6.07, 6.45) is 3.46. The molecule has 0 radical (unpaired) electrons. The Kier molecular flexibility index (Phi) is 3.95. The summed E-state index contributed by atoms with van der Waals surface area (Å²) in [7, 11) is 0. The van der Waals surface area contributed by atoms with Crippen molar-refractivity contribution in [1.29, 1.82) is 0 Å². The molecule has 0 nitrogen and oxygen atoms in total. The summed E-state index contributed by atoms with van der Waals surface area (Å²) >= 11 is 8.32. The average molecular weight is 440 g/mol. The molecule has 1 heterocycles. The van der Waals surface area contributed by atoms with Crippen LogP contribution in [0.4, 0.5) is 0 Å². The van der Waals surface area contributed by atoms with Gasteiger partial charge in [-0.3, -0.25) is 0 Å². The average Bonchev–Trinajstić information content (AvgIpc) is 2.54. The van der Waals surface area contributed by atoms with E-state index in [1.807, 2.05) is 0 Å². The van der Waals surface area contributed by atoms with Crippen molar-refractivity contribution in [3.63, 3.8) is 0 Å². The van der Waals surface area contributed by atoms with Crippen LogP contribution in [0.2, 0.25) is 0 Å². The van der Waals surface area contributed by atoms with E-state index in [0.29, 0.717) is 0 Å². The minimum atomic E-state index is -2.56. The first-order chi connectivity index (χ1) is 10.3. The first-order valence-corrected chi connectivity index (χ1v) is 12.9. The van der Waals surface area contributed by atoms with Crippen molar-refractivity contribution < 1.29 is 0 Å². The number of benzene rings is 2. The topological polar surface area (TPSA) is 0 Å². The van der Waals surface area contributed by atoms with Crippen molar-refractivity contribution in [3.8, 4) is 0 Å². The SMILES string of the molecule is CCP1(Br)(c2ccccc2)C(Br)=CC(C)(C)c2ccccc21. The van der Waals surface area contributed by atoms with Crippen molar-refractivity contribution in [2.45, 2.75) is 26.2 Å². The molecule has 0 spiro atoms. The fourth-order valence-corrected chi connectivity index (χ4v) is 12.4. The van der Waals surface area contributed by atoms with Crippen LogP contribution in [0.25, 0.3) is 0 Å². The van der Waals surface area contributed by atoms with Crippen LogP contribution in [0, 0.1) is 0 Å². The molecule has 0 N–H and O–H groups in total. The van der Waals surface area contributed by atoms with Crippen LogP contribution in [-0.2, 0) is 5.41 Å². The summed E-state index contributed by atoms with van der Waals surface area (Å²) in [6.45, 7) is 6.88. The van der Waals surface area contributed by atoms with Crippen LogP contribution < -0.4 is 10.6 Å². The van der Waals surface area contributed by atoms with Gasteiger partial charge in [-0.05, 0) is 0 Å². The van der Waals surface area contributed by atoms with Crippen molar-refractivity contribution in [1.82, 2.24) is 0 Å². The van der Waals surface area contributed by atoms with Crippen LogP contribution in [0.15, 0.2) is 64.9 Å². The van der Waals surface area contributed by atoms with Gasteiger partial charge in [0.1, 0.15) is 0 Å². The number of hydrogen-bond acceptors (Lipinski definition) is 0. The van der Waals surface area contributed by atoms with Gasteiger partial charge in [0.25, 0.3) is 0 Å². The third kappa shape index (κ3) is 2.04. The van der Waals surface area contributed by atoms with E-state index in [1.165, 1.54) is 20.4 Å². The minimum absolute atomic E-state index is 0.0363. The fraction of sp³-hybridized carbons (Fsp3) is 0.263. The predicted molar refractivity (Wildman–Crippen MR) is 109 cm³/mol. The molecule has 2 aromatic carbocycles. The van der Waals surface area contributed by atoms with Gasteiger partial charge in [0.05, 0.1) is 0 Å². The zero-order chi connectivity index (χ0) is 16.0. The molecule has 0 aliphatic carbocycles. The van der Waals surface area contributed by atoms with E-state index in [1.54, 1.807) is 0 Å². The first kappa shape index (κ1) is 16.4. The molecule has 0 bridgehead atoms. The van der Waals surface area contributed by atoms with Gasteiger partial charge in [-0.15, -0.1) is 0 Å². The number of halogens is 2. The van der Waals surface area contributed by atoms with Crippen molar-refractivity contribution in [2.24, 2.45) is 0 Å². The van der Waals surface area contributed by atoms with E-state index in [9.17, 15) is 0 Å². The van der Waals surface area contributed by atoms with Crippen molar-refractivity contribution in [3.05, 3.63) is 70.5 Å². The summed E-state index contributed by atoms with van der Waals surface area (Å²) in [4.78, 5) is 0. The second-order valence-electron chi connectivity index (χ2n) is 6.54. The molecule has 22 heavy (non-hydrogen) atoms. The van der Waals surface area contributed by atoms with Crippen LogP contribution in [-0.4, -0.2) is 6.16 Å². The van der Waals surface area contributed by atoms with Gasteiger partial charge in [0.15, 0.2) is 0 Å². The number of hydrogen-bond donors (Lipinski definition) is 0. The maximum absolute atomic E-state index is 4.34. The number of allylic oxidation sites excluding steroid dienone is 1. The Balaban J connectivity index is 2.47. The van der Waals surface area contributed by atoms with Gasteiger partial charge >= 0.3 is 150 Å². The Morgan fingerprint density at radius 1 is 0.955 bits per heavy atom. The maximum atomic E-state index is 4.34. The van der Waals surface area contributed by atoms with E-state index >= 15 is 0 Å². The summed E-state index contributed by atoms with van der Waals surface area (Å²) < 4.78 is 1.32. The Bertz CT molecular complexity index is 751. The molecule has 2 aromatic rings. The molecular weight excluding hydrogens is 419 g/mol. The molecular formula is C19H21Br2P. The molecule has 1 aliphatic rings. The Morgan fingerprint density at radius 3 is 2.18 bits per heavy atom. The second-order valence-corrected chi connectivity index (χ2v) is 17.2. The molecule has 1 aliphatic heterocycles. The molecule has 0 aromatic heterocycles. The normalized spacial score (nSPS) is 22.8. The number of fused-ring (bicyclic) bond motifs is 1. The van der Waals surface area contributed by atoms with Gasteiger partial charge < -0.3 is 0 Å². The fourth-order valence-electron chi connectivity index (χ4n) is 3.56. The van der Waals surface area contributed by atoms with E-state index in [-0.39, 0.29) is 5.41 Å². The zero-order valence-corrected chi connectivity index (χ0v) is 17.3. The molecule has 3 rings (SSSR count). The Hall–Kier alpha value is -0.430. The quantitative estimate of drug-likeness (QED) is 0.499.